The van der Waals surface area contributed by atoms with Crippen molar-refractivity contribution < 1.29 is 0 Å². The van der Waals surface area contributed by atoms with Crippen LogP contribution in [0.3, 0.4) is 0 Å². The molecule has 0 saturated heterocycles. The van der Waals surface area contributed by atoms with Crippen LogP contribution in [0.2, 0.25) is 0 Å². The molecule has 2 aromatic rings. The first-order chi connectivity index (χ1) is 8.74. The maximum Gasteiger partial charge on any atom is 0.152 e. The zero-order valence-electron chi connectivity index (χ0n) is 11.3. The van der Waals surface area contributed by atoms with E-state index in [0.717, 1.165) is 22.9 Å². The van der Waals surface area contributed by atoms with Gasteiger partial charge >= 0.3 is 0 Å². The van der Waals surface area contributed by atoms with Crippen LogP contribution in [0.25, 0.3) is 5.52 Å². The van der Waals surface area contributed by atoms with Crippen LogP contribution < -0.4 is 5.32 Å². The third-order valence-corrected chi connectivity index (χ3v) is 4.17. The lowest BCUT2D eigenvalue weighted by Crippen LogP contribution is -2.23. The highest BCUT2D eigenvalue weighted by Gasteiger charge is 2.32. The number of aryl methyl sites for hydroxylation is 1. The number of rotatable bonds is 3. The predicted molar refractivity (Wildman–Crippen MR) is 73.0 cm³/mol. The lowest BCUT2D eigenvalue weighted by Gasteiger charge is -2.33. The van der Waals surface area contributed by atoms with Gasteiger partial charge in [0, 0.05) is 25.4 Å². The molecule has 4 nitrogen and oxygen atoms in total. The summed E-state index contributed by atoms with van der Waals surface area (Å²) in [7, 11) is 1.91. The van der Waals surface area contributed by atoms with E-state index in [1.807, 2.05) is 19.4 Å². The second kappa shape index (κ2) is 4.26. The monoisotopic (exact) mass is 244 g/mol. The Balaban J connectivity index is 2.04. The largest absolute Gasteiger partial charge is 0.371 e. The van der Waals surface area contributed by atoms with Crippen LogP contribution in [0.4, 0.5) is 5.82 Å². The van der Waals surface area contributed by atoms with Crippen LogP contribution in [0.1, 0.15) is 43.6 Å². The molecule has 1 fully saturated rings. The normalized spacial score (nSPS) is 23.1. The fourth-order valence-corrected chi connectivity index (χ4v) is 2.99. The summed E-state index contributed by atoms with van der Waals surface area (Å²) >= 11 is 0. The molecule has 0 spiro atoms. The SMILES string of the molecule is CCC1CC(c2nc(C)c3c(NC)nccn23)C1. The standard InChI is InChI=1S/C14H20N4/c1-4-10-7-11(8-10)14-17-9(2)12-13(15-3)16-5-6-18(12)14/h5-6,10-11H,4,7-8H2,1-3H3,(H,15,16). The average Bonchev–Trinajstić information content (AvgIpc) is 2.66. The summed E-state index contributed by atoms with van der Waals surface area (Å²) in [5, 5.41) is 3.15. The minimum absolute atomic E-state index is 0.628. The van der Waals surface area contributed by atoms with Crippen molar-refractivity contribution in [2.45, 2.75) is 39.0 Å². The quantitative estimate of drug-likeness (QED) is 0.902. The number of hydrogen-bond donors (Lipinski definition) is 1. The van der Waals surface area contributed by atoms with Crippen molar-refractivity contribution in [3.05, 3.63) is 23.9 Å². The first kappa shape index (κ1) is 11.5. The minimum Gasteiger partial charge on any atom is -0.371 e. The Morgan fingerprint density at radius 1 is 1.44 bits per heavy atom. The molecule has 96 valence electrons. The third kappa shape index (κ3) is 1.59. The molecule has 0 radical (unpaired) electrons. The lowest BCUT2D eigenvalue weighted by atomic mass is 9.73. The van der Waals surface area contributed by atoms with E-state index in [-0.39, 0.29) is 0 Å². The first-order valence-electron chi connectivity index (χ1n) is 6.75. The Morgan fingerprint density at radius 3 is 2.89 bits per heavy atom. The van der Waals surface area contributed by atoms with Crippen molar-refractivity contribution in [3.8, 4) is 0 Å². The molecule has 0 bridgehead atoms. The molecule has 0 amide bonds. The van der Waals surface area contributed by atoms with Gasteiger partial charge in [0.15, 0.2) is 5.82 Å². The maximum absolute atomic E-state index is 4.77. The Bertz CT molecular complexity index is 566. The van der Waals surface area contributed by atoms with E-state index in [4.69, 9.17) is 4.98 Å². The van der Waals surface area contributed by atoms with Crippen molar-refractivity contribution in [1.29, 1.82) is 0 Å². The highest BCUT2D eigenvalue weighted by atomic mass is 15.1. The summed E-state index contributed by atoms with van der Waals surface area (Å²) in [5.74, 6) is 3.66. The molecule has 1 aliphatic rings. The van der Waals surface area contributed by atoms with Crippen molar-refractivity contribution in [2.24, 2.45) is 5.92 Å². The number of nitrogens with one attached hydrogen (secondary N) is 1. The summed E-state index contributed by atoms with van der Waals surface area (Å²) < 4.78 is 2.21. The Hall–Kier alpha value is -1.58. The Kier molecular flexibility index (Phi) is 2.73. The van der Waals surface area contributed by atoms with Gasteiger partial charge in [0.2, 0.25) is 0 Å². The van der Waals surface area contributed by atoms with Crippen molar-refractivity contribution in [1.82, 2.24) is 14.4 Å². The Morgan fingerprint density at radius 2 is 2.22 bits per heavy atom. The number of aromatic nitrogens is 3. The van der Waals surface area contributed by atoms with Crippen molar-refractivity contribution in [2.75, 3.05) is 12.4 Å². The molecule has 0 aliphatic heterocycles. The van der Waals surface area contributed by atoms with Crippen LogP contribution in [0, 0.1) is 12.8 Å². The van der Waals surface area contributed by atoms with Gasteiger partial charge in [-0.1, -0.05) is 13.3 Å². The number of anilines is 1. The van der Waals surface area contributed by atoms with Crippen LogP contribution in [-0.2, 0) is 0 Å². The molecule has 0 atom stereocenters. The Labute approximate surface area is 107 Å². The van der Waals surface area contributed by atoms with Gasteiger partial charge in [-0.05, 0) is 25.7 Å². The molecule has 1 aliphatic carbocycles. The van der Waals surface area contributed by atoms with E-state index in [2.05, 4.69) is 28.5 Å². The molecule has 1 saturated carbocycles. The van der Waals surface area contributed by atoms with Gasteiger partial charge in [-0.25, -0.2) is 9.97 Å². The van der Waals surface area contributed by atoms with Gasteiger partial charge in [-0.2, -0.15) is 0 Å². The summed E-state index contributed by atoms with van der Waals surface area (Å²) in [6, 6.07) is 0. The molecule has 18 heavy (non-hydrogen) atoms. The third-order valence-electron chi connectivity index (χ3n) is 4.17. The van der Waals surface area contributed by atoms with Gasteiger partial charge in [0.25, 0.3) is 0 Å². The molecule has 0 unspecified atom stereocenters. The average molecular weight is 244 g/mol. The minimum atomic E-state index is 0.628. The van der Waals surface area contributed by atoms with Crippen LogP contribution in [-0.4, -0.2) is 21.4 Å². The number of nitrogens with zero attached hydrogens (tertiary/aromatic N) is 3. The van der Waals surface area contributed by atoms with E-state index in [1.54, 1.807) is 0 Å². The fourth-order valence-electron chi connectivity index (χ4n) is 2.99. The van der Waals surface area contributed by atoms with Gasteiger partial charge in [0.05, 0.1) is 5.69 Å². The van der Waals surface area contributed by atoms with Gasteiger partial charge in [0.1, 0.15) is 11.3 Å². The summed E-state index contributed by atoms with van der Waals surface area (Å²) in [6.07, 6.45) is 7.74. The molecule has 1 N–H and O–H groups in total. The van der Waals surface area contributed by atoms with E-state index < -0.39 is 0 Å². The van der Waals surface area contributed by atoms with Gasteiger partial charge in [-0.3, -0.25) is 4.40 Å². The molecule has 3 rings (SSSR count). The maximum atomic E-state index is 4.77. The number of fused-ring (bicyclic) bond motifs is 1. The fraction of sp³-hybridized carbons (Fsp3) is 0.571. The molecular formula is C14H20N4. The van der Waals surface area contributed by atoms with Crippen LogP contribution in [0.15, 0.2) is 12.4 Å². The zero-order valence-corrected chi connectivity index (χ0v) is 11.3. The van der Waals surface area contributed by atoms with Crippen molar-refractivity contribution >= 4 is 11.3 Å². The van der Waals surface area contributed by atoms with Crippen LogP contribution >= 0.6 is 0 Å². The second-order valence-electron chi connectivity index (χ2n) is 5.24. The summed E-state index contributed by atoms with van der Waals surface area (Å²) in [6.45, 7) is 4.34. The zero-order chi connectivity index (χ0) is 12.7. The van der Waals surface area contributed by atoms with Gasteiger partial charge in [-0.15, -0.1) is 0 Å². The smallest absolute Gasteiger partial charge is 0.152 e. The predicted octanol–water partition coefficient (Wildman–Crippen LogP) is 2.98. The summed E-state index contributed by atoms with van der Waals surface area (Å²) in [4.78, 5) is 9.13. The van der Waals surface area contributed by atoms with Crippen molar-refractivity contribution in [3.63, 3.8) is 0 Å². The van der Waals surface area contributed by atoms with E-state index in [1.165, 1.54) is 25.1 Å². The van der Waals surface area contributed by atoms with E-state index >= 15 is 0 Å². The van der Waals surface area contributed by atoms with E-state index in [9.17, 15) is 0 Å². The van der Waals surface area contributed by atoms with Crippen LogP contribution in [0.5, 0.6) is 0 Å². The summed E-state index contributed by atoms with van der Waals surface area (Å²) in [5.41, 5.74) is 2.19. The highest BCUT2D eigenvalue weighted by molar-refractivity contribution is 5.71. The first-order valence-corrected chi connectivity index (χ1v) is 6.75. The molecule has 4 heteroatoms. The van der Waals surface area contributed by atoms with E-state index in [0.29, 0.717) is 5.92 Å². The van der Waals surface area contributed by atoms with Gasteiger partial charge < -0.3 is 5.32 Å². The topological polar surface area (TPSA) is 42.2 Å². The molecule has 2 aromatic heterocycles. The molecule has 2 heterocycles. The molecule has 0 aromatic carbocycles. The lowest BCUT2D eigenvalue weighted by molar-refractivity contribution is 0.247. The number of hydrogen-bond acceptors (Lipinski definition) is 3. The molecular weight excluding hydrogens is 224 g/mol. The number of imidazole rings is 1. The highest BCUT2D eigenvalue weighted by Crippen LogP contribution is 2.43. The second-order valence-corrected chi connectivity index (χ2v) is 5.24.